The summed E-state index contributed by atoms with van der Waals surface area (Å²) in [6.07, 6.45) is 2.67. The largest absolute Gasteiger partial charge is 0.384 e. The van der Waals surface area contributed by atoms with Crippen molar-refractivity contribution in [2.24, 2.45) is 5.92 Å². The maximum Gasteiger partial charge on any atom is 0.261 e. The predicted molar refractivity (Wildman–Crippen MR) is 111 cm³/mol. The van der Waals surface area contributed by atoms with Crippen molar-refractivity contribution in [3.05, 3.63) is 46.0 Å². The molecule has 4 rings (SSSR count). The summed E-state index contributed by atoms with van der Waals surface area (Å²) >= 11 is 1.43. The Hall–Kier alpha value is -2.39. The number of benzene rings is 1. The molecule has 0 aliphatic carbocycles. The first-order chi connectivity index (χ1) is 14.0. The minimum absolute atomic E-state index is 0.0955. The lowest BCUT2D eigenvalue weighted by Gasteiger charge is -2.32. The lowest BCUT2D eigenvalue weighted by Crippen LogP contribution is -2.37. The van der Waals surface area contributed by atoms with Crippen LogP contribution in [0.5, 0.6) is 0 Å². The Morgan fingerprint density at radius 3 is 2.83 bits per heavy atom. The molecule has 1 saturated heterocycles. The Morgan fingerprint density at radius 1 is 1.28 bits per heavy atom. The van der Waals surface area contributed by atoms with Gasteiger partial charge >= 0.3 is 0 Å². The molecule has 3 heterocycles. The SMILES string of the molecule is COCCc1nsc(N2CCC(Cn3c(C)nc4cc(F)ccc4c3=O)CC2)n1. The summed E-state index contributed by atoms with van der Waals surface area (Å²) in [5.41, 5.74) is 0.320. The first-order valence-electron chi connectivity index (χ1n) is 9.78. The zero-order valence-electron chi connectivity index (χ0n) is 16.6. The predicted octanol–water partition coefficient (Wildman–Crippen LogP) is 2.80. The summed E-state index contributed by atoms with van der Waals surface area (Å²) in [6, 6.07) is 4.15. The van der Waals surface area contributed by atoms with Crippen molar-refractivity contribution in [2.45, 2.75) is 32.7 Å². The molecule has 1 fully saturated rings. The van der Waals surface area contributed by atoms with E-state index in [1.165, 1.54) is 29.7 Å². The van der Waals surface area contributed by atoms with E-state index in [0.29, 0.717) is 35.8 Å². The molecule has 0 spiro atoms. The number of rotatable bonds is 6. The molecule has 0 N–H and O–H groups in total. The van der Waals surface area contributed by atoms with Gasteiger partial charge in [0.15, 0.2) is 0 Å². The van der Waals surface area contributed by atoms with Gasteiger partial charge in [0.05, 0.1) is 17.5 Å². The van der Waals surface area contributed by atoms with E-state index in [1.54, 1.807) is 11.7 Å². The normalized spacial score (nSPS) is 15.3. The Balaban J connectivity index is 1.43. The molecule has 2 aromatic heterocycles. The average molecular weight is 418 g/mol. The summed E-state index contributed by atoms with van der Waals surface area (Å²) in [5, 5.41) is 1.42. The van der Waals surface area contributed by atoms with Crippen molar-refractivity contribution < 1.29 is 9.13 Å². The molecule has 29 heavy (non-hydrogen) atoms. The number of methoxy groups -OCH3 is 1. The summed E-state index contributed by atoms with van der Waals surface area (Å²) in [5.74, 6) is 1.47. The van der Waals surface area contributed by atoms with Crippen molar-refractivity contribution in [1.82, 2.24) is 18.9 Å². The molecule has 1 aromatic carbocycles. The Bertz CT molecular complexity index is 1060. The third-order valence-corrected chi connectivity index (χ3v) is 6.24. The quantitative estimate of drug-likeness (QED) is 0.614. The van der Waals surface area contributed by atoms with E-state index < -0.39 is 0 Å². The topological polar surface area (TPSA) is 73.1 Å². The van der Waals surface area contributed by atoms with Gasteiger partial charge < -0.3 is 9.64 Å². The molecule has 0 radical (unpaired) electrons. The van der Waals surface area contributed by atoms with Gasteiger partial charge in [0.1, 0.15) is 17.5 Å². The molecule has 0 atom stereocenters. The van der Waals surface area contributed by atoms with Crippen molar-refractivity contribution in [1.29, 1.82) is 0 Å². The monoisotopic (exact) mass is 417 g/mol. The van der Waals surface area contributed by atoms with Crippen LogP contribution < -0.4 is 10.5 Å². The number of hydrogen-bond donors (Lipinski definition) is 0. The number of piperidine rings is 1. The molecule has 0 saturated carbocycles. The number of aromatic nitrogens is 4. The first kappa shape index (κ1) is 19.9. The third-order valence-electron chi connectivity index (χ3n) is 5.42. The lowest BCUT2D eigenvalue weighted by molar-refractivity contribution is 0.201. The van der Waals surface area contributed by atoms with E-state index in [0.717, 1.165) is 43.3 Å². The van der Waals surface area contributed by atoms with Gasteiger partial charge in [-0.15, -0.1) is 0 Å². The van der Waals surface area contributed by atoms with Gasteiger partial charge in [0.2, 0.25) is 5.13 Å². The van der Waals surface area contributed by atoms with Crippen molar-refractivity contribution in [2.75, 3.05) is 31.7 Å². The molecule has 9 heteroatoms. The maximum absolute atomic E-state index is 13.4. The van der Waals surface area contributed by atoms with E-state index in [2.05, 4.69) is 19.2 Å². The minimum Gasteiger partial charge on any atom is -0.384 e. The molecular weight excluding hydrogens is 393 g/mol. The highest BCUT2D eigenvalue weighted by Crippen LogP contribution is 2.26. The van der Waals surface area contributed by atoms with Crippen molar-refractivity contribution in [3.8, 4) is 0 Å². The van der Waals surface area contributed by atoms with Crippen LogP contribution in [0, 0.1) is 18.7 Å². The van der Waals surface area contributed by atoms with Crippen LogP contribution in [0.3, 0.4) is 0 Å². The molecule has 7 nitrogen and oxygen atoms in total. The lowest BCUT2D eigenvalue weighted by atomic mass is 9.97. The fourth-order valence-electron chi connectivity index (χ4n) is 3.75. The average Bonchev–Trinajstić information content (AvgIpc) is 3.19. The smallest absolute Gasteiger partial charge is 0.261 e. The van der Waals surface area contributed by atoms with Gasteiger partial charge in [-0.1, -0.05) is 0 Å². The Morgan fingerprint density at radius 2 is 2.07 bits per heavy atom. The molecule has 3 aromatic rings. The van der Waals surface area contributed by atoms with Gasteiger partial charge in [0, 0.05) is 50.8 Å². The van der Waals surface area contributed by atoms with Gasteiger partial charge in [-0.25, -0.2) is 14.4 Å². The number of ether oxygens (including phenoxy) is 1. The number of anilines is 1. The molecular formula is C20H24FN5O2S. The fraction of sp³-hybridized carbons (Fsp3) is 0.500. The second kappa shape index (κ2) is 8.54. The number of nitrogens with zero attached hydrogens (tertiary/aromatic N) is 5. The third kappa shape index (κ3) is 4.30. The highest BCUT2D eigenvalue weighted by Gasteiger charge is 2.23. The fourth-order valence-corrected chi connectivity index (χ4v) is 4.52. The summed E-state index contributed by atoms with van der Waals surface area (Å²) in [4.78, 5) is 24.2. The zero-order valence-corrected chi connectivity index (χ0v) is 17.4. The van der Waals surface area contributed by atoms with Crippen LogP contribution in [0.25, 0.3) is 10.9 Å². The second-order valence-electron chi connectivity index (χ2n) is 7.40. The number of halogens is 1. The molecule has 154 valence electrons. The van der Waals surface area contributed by atoms with Crippen LogP contribution in [0.15, 0.2) is 23.0 Å². The van der Waals surface area contributed by atoms with E-state index in [4.69, 9.17) is 4.74 Å². The van der Waals surface area contributed by atoms with Crippen molar-refractivity contribution in [3.63, 3.8) is 0 Å². The van der Waals surface area contributed by atoms with Crippen LogP contribution >= 0.6 is 11.5 Å². The summed E-state index contributed by atoms with van der Waals surface area (Å²) in [7, 11) is 1.68. The van der Waals surface area contributed by atoms with Gasteiger partial charge in [0.25, 0.3) is 5.56 Å². The van der Waals surface area contributed by atoms with Crippen LogP contribution in [0.4, 0.5) is 9.52 Å². The van der Waals surface area contributed by atoms with E-state index in [9.17, 15) is 9.18 Å². The first-order valence-corrected chi connectivity index (χ1v) is 10.6. The molecule has 0 unspecified atom stereocenters. The van der Waals surface area contributed by atoms with Crippen LogP contribution in [-0.2, 0) is 17.7 Å². The van der Waals surface area contributed by atoms with Gasteiger partial charge in [-0.3, -0.25) is 9.36 Å². The second-order valence-corrected chi connectivity index (χ2v) is 8.13. The van der Waals surface area contributed by atoms with Crippen LogP contribution in [-0.4, -0.2) is 45.7 Å². The molecule has 0 amide bonds. The maximum atomic E-state index is 13.4. The highest BCUT2D eigenvalue weighted by molar-refractivity contribution is 7.09. The van der Waals surface area contributed by atoms with Gasteiger partial charge in [-0.2, -0.15) is 4.37 Å². The minimum atomic E-state index is -0.379. The number of aryl methyl sites for hydroxylation is 1. The Kier molecular flexibility index (Phi) is 5.86. The van der Waals surface area contributed by atoms with E-state index in [-0.39, 0.29) is 11.4 Å². The number of fused-ring (bicyclic) bond motifs is 1. The van der Waals surface area contributed by atoms with Crippen LogP contribution in [0.2, 0.25) is 0 Å². The molecule has 0 bridgehead atoms. The van der Waals surface area contributed by atoms with Crippen LogP contribution in [0.1, 0.15) is 24.5 Å². The van der Waals surface area contributed by atoms with E-state index >= 15 is 0 Å². The zero-order chi connectivity index (χ0) is 20.4. The Labute approximate surface area is 172 Å². The standard InChI is InChI=1S/C20H24FN5O2S/c1-13-22-17-11-15(21)3-4-16(17)19(27)26(13)12-14-5-8-25(9-6-14)20-23-18(24-29-20)7-10-28-2/h3-4,11,14H,5-10,12H2,1-2H3. The molecule has 1 aliphatic rings. The summed E-state index contributed by atoms with van der Waals surface area (Å²) in [6.45, 7) is 4.85. The highest BCUT2D eigenvalue weighted by atomic mass is 32.1. The summed E-state index contributed by atoms with van der Waals surface area (Å²) < 4.78 is 24.7. The van der Waals surface area contributed by atoms with Gasteiger partial charge in [-0.05, 0) is 37.8 Å². The molecule has 1 aliphatic heterocycles. The van der Waals surface area contributed by atoms with Crippen molar-refractivity contribution >= 4 is 27.6 Å². The number of hydrogen-bond acceptors (Lipinski definition) is 7. The van der Waals surface area contributed by atoms with E-state index in [1.807, 2.05) is 6.92 Å².